The van der Waals surface area contributed by atoms with Gasteiger partial charge in [-0.2, -0.15) is 13.2 Å². The molecule has 1 heterocycles. The molecular weight excluding hydrogens is 271 g/mol. The highest BCUT2D eigenvalue weighted by Crippen LogP contribution is 2.34. The van der Waals surface area contributed by atoms with Gasteiger partial charge in [0.15, 0.2) is 0 Å². The summed E-state index contributed by atoms with van der Waals surface area (Å²) in [7, 11) is 0. The Bertz CT molecular complexity index is 466. The minimum absolute atomic E-state index is 0.0806. The molecule has 2 atom stereocenters. The van der Waals surface area contributed by atoms with E-state index in [0.29, 0.717) is 18.8 Å². The van der Waals surface area contributed by atoms with Crippen molar-refractivity contribution in [2.75, 3.05) is 11.9 Å². The first-order valence-electron chi connectivity index (χ1n) is 6.64. The minimum Gasteiger partial charge on any atom is -0.394 e. The highest BCUT2D eigenvalue weighted by atomic mass is 19.4. The van der Waals surface area contributed by atoms with Crippen molar-refractivity contribution in [2.24, 2.45) is 5.92 Å². The summed E-state index contributed by atoms with van der Waals surface area (Å²) >= 11 is 0. The summed E-state index contributed by atoms with van der Waals surface area (Å²) in [6.45, 7) is 1.93. The average molecular weight is 289 g/mol. The molecule has 2 unspecified atom stereocenters. The van der Waals surface area contributed by atoms with E-state index in [-0.39, 0.29) is 12.6 Å². The maximum atomic E-state index is 12.6. The molecule has 0 aliphatic heterocycles. The number of halogens is 3. The number of alkyl halides is 3. The van der Waals surface area contributed by atoms with Crippen molar-refractivity contribution in [3.63, 3.8) is 0 Å². The number of nitrogens with one attached hydrogen (secondary N) is 1. The van der Waals surface area contributed by atoms with Gasteiger partial charge < -0.3 is 10.4 Å². The molecule has 1 aromatic rings. The lowest BCUT2D eigenvalue weighted by molar-refractivity contribution is -0.141. The van der Waals surface area contributed by atoms with E-state index in [1.807, 2.05) is 0 Å². The van der Waals surface area contributed by atoms with Gasteiger partial charge in [-0.05, 0) is 24.8 Å². The summed E-state index contributed by atoms with van der Waals surface area (Å²) in [5.74, 6) is 0.331. The number of hydrogen-bond acceptors (Lipinski definition) is 4. The van der Waals surface area contributed by atoms with Crippen LogP contribution in [0.2, 0.25) is 0 Å². The fourth-order valence-corrected chi connectivity index (χ4v) is 2.77. The molecule has 1 fully saturated rings. The number of rotatable bonds is 3. The Morgan fingerprint density at radius 3 is 2.85 bits per heavy atom. The van der Waals surface area contributed by atoms with Gasteiger partial charge in [-0.3, -0.25) is 0 Å². The van der Waals surface area contributed by atoms with E-state index in [9.17, 15) is 18.3 Å². The van der Waals surface area contributed by atoms with E-state index in [1.54, 1.807) is 0 Å². The molecule has 0 bridgehead atoms. The van der Waals surface area contributed by atoms with Gasteiger partial charge in [0.05, 0.1) is 12.1 Å². The molecule has 20 heavy (non-hydrogen) atoms. The number of hydrogen-bond donors (Lipinski definition) is 2. The molecule has 1 aromatic heterocycles. The van der Waals surface area contributed by atoms with Crippen molar-refractivity contribution in [1.29, 1.82) is 0 Å². The highest BCUT2D eigenvalue weighted by Gasteiger charge is 2.36. The van der Waals surface area contributed by atoms with Gasteiger partial charge in [-0.15, -0.1) is 0 Å². The zero-order chi connectivity index (χ0) is 14.8. The number of aromatic nitrogens is 2. The Morgan fingerprint density at radius 1 is 1.50 bits per heavy atom. The predicted octanol–water partition coefficient (Wildman–Crippen LogP) is 2.85. The lowest BCUT2D eigenvalue weighted by Crippen LogP contribution is -2.46. The lowest BCUT2D eigenvalue weighted by atomic mass is 9.77. The SMILES string of the molecule is CC1CCCC(CO)(Nc2nccc(C(F)(F)F)n2)C1. The van der Waals surface area contributed by atoms with Crippen LogP contribution in [0.3, 0.4) is 0 Å². The summed E-state index contributed by atoms with van der Waals surface area (Å²) in [4.78, 5) is 7.33. The quantitative estimate of drug-likeness (QED) is 0.898. The summed E-state index contributed by atoms with van der Waals surface area (Å²) in [6, 6.07) is 0.834. The van der Waals surface area contributed by atoms with Crippen LogP contribution < -0.4 is 5.32 Å². The Kier molecular flexibility index (Phi) is 4.17. The lowest BCUT2D eigenvalue weighted by Gasteiger charge is -2.39. The molecule has 2 N–H and O–H groups in total. The number of anilines is 1. The van der Waals surface area contributed by atoms with Gasteiger partial charge in [0.25, 0.3) is 0 Å². The first-order chi connectivity index (χ1) is 9.35. The third kappa shape index (κ3) is 3.39. The van der Waals surface area contributed by atoms with E-state index in [1.165, 1.54) is 0 Å². The summed E-state index contributed by atoms with van der Waals surface area (Å²) in [5.41, 5.74) is -1.60. The molecule has 0 aromatic carbocycles. The van der Waals surface area contributed by atoms with Crippen LogP contribution in [0.25, 0.3) is 0 Å². The normalized spacial score (nSPS) is 27.4. The minimum atomic E-state index is -4.49. The molecule has 0 radical (unpaired) electrons. The molecule has 0 amide bonds. The van der Waals surface area contributed by atoms with E-state index >= 15 is 0 Å². The van der Waals surface area contributed by atoms with Crippen LogP contribution in [-0.2, 0) is 6.18 Å². The monoisotopic (exact) mass is 289 g/mol. The Labute approximate surface area is 115 Å². The van der Waals surface area contributed by atoms with Crippen molar-refractivity contribution in [1.82, 2.24) is 9.97 Å². The fraction of sp³-hybridized carbons (Fsp3) is 0.692. The molecule has 0 saturated heterocycles. The molecule has 112 valence electrons. The molecule has 4 nitrogen and oxygen atoms in total. The maximum absolute atomic E-state index is 12.6. The number of aliphatic hydroxyl groups is 1. The average Bonchev–Trinajstić information content (AvgIpc) is 2.38. The molecule has 1 aliphatic rings. The highest BCUT2D eigenvalue weighted by molar-refractivity contribution is 5.31. The Hall–Kier alpha value is -1.37. The van der Waals surface area contributed by atoms with Crippen molar-refractivity contribution >= 4 is 5.95 Å². The van der Waals surface area contributed by atoms with E-state index in [2.05, 4.69) is 22.2 Å². The van der Waals surface area contributed by atoms with Crippen LogP contribution in [0.15, 0.2) is 12.3 Å². The van der Waals surface area contributed by atoms with Crippen molar-refractivity contribution in [3.8, 4) is 0 Å². The summed E-state index contributed by atoms with van der Waals surface area (Å²) in [5, 5.41) is 12.5. The third-order valence-corrected chi connectivity index (χ3v) is 3.72. The van der Waals surface area contributed by atoms with Crippen molar-refractivity contribution in [2.45, 2.75) is 44.3 Å². The van der Waals surface area contributed by atoms with E-state index in [4.69, 9.17) is 0 Å². The smallest absolute Gasteiger partial charge is 0.394 e. The van der Waals surface area contributed by atoms with Crippen LogP contribution >= 0.6 is 0 Å². The largest absolute Gasteiger partial charge is 0.433 e. The second-order valence-electron chi connectivity index (χ2n) is 5.53. The fourth-order valence-electron chi connectivity index (χ4n) is 2.77. The molecule has 2 rings (SSSR count). The Morgan fingerprint density at radius 2 is 2.25 bits per heavy atom. The van der Waals surface area contributed by atoms with Crippen LogP contribution in [0.1, 0.15) is 38.3 Å². The molecule has 1 aliphatic carbocycles. The topological polar surface area (TPSA) is 58.0 Å². The standard InChI is InChI=1S/C13H18F3N3O/c1-9-3-2-5-12(7-9,8-20)19-11-17-6-4-10(18-11)13(14,15)16/h4,6,9,20H,2-3,5,7-8H2,1H3,(H,17,18,19). The van der Waals surface area contributed by atoms with Gasteiger partial charge in [0, 0.05) is 6.20 Å². The first-order valence-corrected chi connectivity index (χ1v) is 6.64. The first kappa shape index (κ1) is 15.0. The number of aliphatic hydroxyl groups excluding tert-OH is 1. The molecular formula is C13H18F3N3O. The van der Waals surface area contributed by atoms with Gasteiger partial charge in [0.2, 0.25) is 5.95 Å². The zero-order valence-corrected chi connectivity index (χ0v) is 11.2. The number of nitrogens with zero attached hydrogens (tertiary/aromatic N) is 2. The predicted molar refractivity (Wildman–Crippen MR) is 68.1 cm³/mol. The van der Waals surface area contributed by atoms with Crippen LogP contribution in [0, 0.1) is 5.92 Å². The summed E-state index contributed by atoms with van der Waals surface area (Å²) in [6.07, 6.45) is -0.0296. The van der Waals surface area contributed by atoms with E-state index < -0.39 is 17.4 Å². The maximum Gasteiger partial charge on any atom is 0.433 e. The second-order valence-corrected chi connectivity index (χ2v) is 5.53. The van der Waals surface area contributed by atoms with Gasteiger partial charge >= 0.3 is 6.18 Å². The van der Waals surface area contributed by atoms with Gasteiger partial charge in [-0.1, -0.05) is 19.8 Å². The molecule has 7 heteroatoms. The Balaban J connectivity index is 2.19. The molecule has 0 spiro atoms. The third-order valence-electron chi connectivity index (χ3n) is 3.72. The second kappa shape index (κ2) is 5.55. The molecule has 1 saturated carbocycles. The summed E-state index contributed by atoms with van der Waals surface area (Å²) < 4.78 is 37.9. The van der Waals surface area contributed by atoms with Crippen LogP contribution in [-0.4, -0.2) is 27.2 Å². The van der Waals surface area contributed by atoms with Gasteiger partial charge in [-0.25, -0.2) is 9.97 Å². The zero-order valence-electron chi connectivity index (χ0n) is 11.2. The van der Waals surface area contributed by atoms with Crippen molar-refractivity contribution in [3.05, 3.63) is 18.0 Å². The van der Waals surface area contributed by atoms with Crippen LogP contribution in [0.4, 0.5) is 19.1 Å². The van der Waals surface area contributed by atoms with Crippen LogP contribution in [0.5, 0.6) is 0 Å². The van der Waals surface area contributed by atoms with E-state index in [0.717, 1.165) is 25.1 Å². The van der Waals surface area contributed by atoms with Crippen molar-refractivity contribution < 1.29 is 18.3 Å². The van der Waals surface area contributed by atoms with Gasteiger partial charge in [0.1, 0.15) is 5.69 Å².